The molecular weight excluding hydrogens is 447 g/mol. The standard InChI is InChI=1S/C22H31N4O6P/c1-8-16-12-25(21(28)24-19(16)27)20-17-18(22(9-2,31-20)13-29-17)32-33(30-11-10-23-7)26(14(3)4)15(5)6/h1,12,14-15,17-18,20H,9-11,13H2,2-6H3,(H,24,27,28)/t17?,18-,20-,22+,33?/m1/s1. The Kier molecular flexibility index (Phi) is 8.13. The molecule has 1 N–H and O–H groups in total. The van der Waals surface area contributed by atoms with Gasteiger partial charge in [-0.3, -0.25) is 14.3 Å². The van der Waals surface area contributed by atoms with Crippen molar-refractivity contribution in [2.24, 2.45) is 0 Å². The summed E-state index contributed by atoms with van der Waals surface area (Å²) in [6, 6.07) is 0.275. The molecule has 0 aliphatic carbocycles. The lowest BCUT2D eigenvalue weighted by Crippen LogP contribution is -2.43. The summed E-state index contributed by atoms with van der Waals surface area (Å²) in [5, 5.41) is 0. The summed E-state index contributed by atoms with van der Waals surface area (Å²) in [7, 11) is -1.53. The smallest absolute Gasteiger partial charge is 0.330 e. The fourth-order valence-electron chi connectivity index (χ4n) is 4.27. The van der Waals surface area contributed by atoms with Gasteiger partial charge in [0.1, 0.15) is 30.0 Å². The lowest BCUT2D eigenvalue weighted by molar-refractivity contribution is -0.175. The van der Waals surface area contributed by atoms with Crippen LogP contribution in [0.1, 0.15) is 52.8 Å². The van der Waals surface area contributed by atoms with E-state index in [1.807, 2.05) is 6.92 Å². The van der Waals surface area contributed by atoms with Crippen molar-refractivity contribution in [1.29, 1.82) is 0 Å². The molecule has 2 fully saturated rings. The molecule has 3 rings (SSSR count). The summed E-state index contributed by atoms with van der Waals surface area (Å²) < 4.78 is 28.4. The highest BCUT2D eigenvalue weighted by Gasteiger charge is 2.63. The molecule has 10 nitrogen and oxygen atoms in total. The van der Waals surface area contributed by atoms with E-state index >= 15 is 0 Å². The first-order valence-corrected chi connectivity index (χ1v) is 12.1. The third-order valence-electron chi connectivity index (χ3n) is 5.82. The minimum absolute atomic E-state index is 0.0273. The van der Waals surface area contributed by atoms with E-state index in [0.29, 0.717) is 13.0 Å². The molecule has 11 heteroatoms. The van der Waals surface area contributed by atoms with Crippen LogP contribution in [0.15, 0.2) is 15.8 Å². The number of H-pyrrole nitrogens is 1. The lowest BCUT2D eigenvalue weighted by atomic mass is 9.96. The highest BCUT2D eigenvalue weighted by molar-refractivity contribution is 7.44. The molecule has 180 valence electrons. The minimum Gasteiger partial charge on any atom is -0.368 e. The third-order valence-corrected chi connectivity index (χ3v) is 7.94. The van der Waals surface area contributed by atoms with Crippen LogP contribution in [0.3, 0.4) is 0 Å². The SMILES string of the molecule is [C-]#[N+]CCOP(O[C@@H]1C2OC[C@]1(CC)O[C@H]2n1cc(C#C)c(=O)[nH]c1=O)N(C(C)C)C(C)C. The first kappa shape index (κ1) is 25.6. The van der Waals surface area contributed by atoms with Crippen molar-refractivity contribution in [3.05, 3.63) is 44.0 Å². The number of ether oxygens (including phenoxy) is 2. The Morgan fingerprint density at radius 1 is 1.42 bits per heavy atom. The third kappa shape index (κ3) is 4.93. The second-order valence-electron chi connectivity index (χ2n) is 8.60. The van der Waals surface area contributed by atoms with Gasteiger partial charge in [-0.15, -0.1) is 6.42 Å². The lowest BCUT2D eigenvalue weighted by Gasteiger charge is -2.38. The van der Waals surface area contributed by atoms with Crippen molar-refractivity contribution < 1.29 is 18.5 Å². The fourth-order valence-corrected chi connectivity index (χ4v) is 6.07. The number of nitrogens with one attached hydrogen (secondary N) is 1. The molecule has 0 amide bonds. The average Bonchev–Trinajstić information content (AvgIpc) is 3.25. The van der Waals surface area contributed by atoms with E-state index < -0.39 is 43.8 Å². The second-order valence-corrected chi connectivity index (χ2v) is 10.0. The van der Waals surface area contributed by atoms with Crippen LogP contribution < -0.4 is 11.2 Å². The van der Waals surface area contributed by atoms with Gasteiger partial charge >= 0.3 is 5.69 Å². The highest BCUT2D eigenvalue weighted by Crippen LogP contribution is 2.55. The second kappa shape index (κ2) is 10.5. The largest absolute Gasteiger partial charge is 0.368 e. The number of aromatic amines is 1. The predicted molar refractivity (Wildman–Crippen MR) is 123 cm³/mol. The van der Waals surface area contributed by atoms with Gasteiger partial charge in [-0.05, 0) is 34.1 Å². The summed E-state index contributed by atoms with van der Waals surface area (Å²) in [5.41, 5.74) is -2.02. The maximum atomic E-state index is 12.6. The van der Waals surface area contributed by atoms with Gasteiger partial charge < -0.3 is 23.4 Å². The van der Waals surface area contributed by atoms with Crippen molar-refractivity contribution in [1.82, 2.24) is 14.2 Å². The zero-order valence-corrected chi connectivity index (χ0v) is 20.5. The van der Waals surface area contributed by atoms with Crippen LogP contribution in [0, 0.1) is 18.9 Å². The number of hydrogen-bond acceptors (Lipinski definition) is 7. The van der Waals surface area contributed by atoms with E-state index in [4.69, 9.17) is 31.5 Å². The molecule has 2 bridgehead atoms. The van der Waals surface area contributed by atoms with Crippen molar-refractivity contribution in [2.45, 2.75) is 77.2 Å². The summed E-state index contributed by atoms with van der Waals surface area (Å²) in [6.07, 6.45) is 5.39. The molecule has 0 radical (unpaired) electrons. The number of terminal acetylenes is 1. The van der Waals surface area contributed by atoms with Gasteiger partial charge in [0.2, 0.25) is 6.54 Å². The van der Waals surface area contributed by atoms with Crippen LogP contribution in [0.25, 0.3) is 4.85 Å². The molecule has 2 aliphatic heterocycles. The maximum Gasteiger partial charge on any atom is 0.330 e. The number of rotatable bonds is 10. The predicted octanol–water partition coefficient (Wildman–Crippen LogP) is 2.26. The molecule has 5 atom stereocenters. The average molecular weight is 478 g/mol. The van der Waals surface area contributed by atoms with Crippen LogP contribution in [-0.4, -0.2) is 63.9 Å². The topological polar surface area (TPSA) is 99.4 Å². The van der Waals surface area contributed by atoms with Gasteiger partial charge in [-0.2, -0.15) is 0 Å². The number of hydrogen-bond donors (Lipinski definition) is 1. The minimum atomic E-state index is -1.53. The zero-order chi connectivity index (χ0) is 24.3. The van der Waals surface area contributed by atoms with Gasteiger partial charge in [0, 0.05) is 18.3 Å². The molecule has 2 saturated heterocycles. The monoisotopic (exact) mass is 478 g/mol. The Labute approximate surface area is 195 Å². The van der Waals surface area contributed by atoms with E-state index in [-0.39, 0.29) is 30.8 Å². The Bertz CT molecular complexity index is 1030. The summed E-state index contributed by atoms with van der Waals surface area (Å²) >= 11 is 0. The van der Waals surface area contributed by atoms with Gasteiger partial charge in [0.05, 0.1) is 6.61 Å². The fraction of sp³-hybridized carbons (Fsp3) is 0.682. The number of aromatic nitrogens is 2. The Morgan fingerprint density at radius 3 is 2.70 bits per heavy atom. The van der Waals surface area contributed by atoms with E-state index in [2.05, 4.69) is 48.1 Å². The first-order chi connectivity index (χ1) is 15.7. The van der Waals surface area contributed by atoms with E-state index in [0.717, 1.165) is 0 Å². The molecule has 1 aromatic rings. The van der Waals surface area contributed by atoms with E-state index in [1.54, 1.807) is 0 Å². The Balaban J connectivity index is 1.95. The summed E-state index contributed by atoms with van der Waals surface area (Å²) in [6.45, 7) is 18.1. The molecule has 1 aromatic heterocycles. The van der Waals surface area contributed by atoms with E-state index in [9.17, 15) is 9.59 Å². The van der Waals surface area contributed by atoms with Crippen molar-refractivity contribution in [3.8, 4) is 12.3 Å². The molecule has 2 unspecified atom stereocenters. The van der Waals surface area contributed by atoms with Gasteiger partial charge in [-0.1, -0.05) is 12.8 Å². The van der Waals surface area contributed by atoms with Crippen LogP contribution in [0.4, 0.5) is 0 Å². The van der Waals surface area contributed by atoms with Gasteiger partial charge in [0.15, 0.2) is 6.23 Å². The van der Waals surface area contributed by atoms with Crippen LogP contribution >= 0.6 is 8.53 Å². The highest BCUT2D eigenvalue weighted by atomic mass is 31.2. The van der Waals surface area contributed by atoms with Gasteiger partial charge in [-0.25, -0.2) is 16.0 Å². The Morgan fingerprint density at radius 2 is 2.12 bits per heavy atom. The molecule has 0 saturated carbocycles. The quantitative estimate of drug-likeness (QED) is 0.238. The number of nitrogens with zero attached hydrogens (tertiary/aromatic N) is 3. The van der Waals surface area contributed by atoms with Crippen LogP contribution in [0.5, 0.6) is 0 Å². The number of fused-ring (bicyclic) bond motifs is 2. The van der Waals surface area contributed by atoms with Crippen molar-refractivity contribution in [3.63, 3.8) is 0 Å². The van der Waals surface area contributed by atoms with Crippen LogP contribution in [0.2, 0.25) is 0 Å². The summed E-state index contributed by atoms with van der Waals surface area (Å²) in [5.74, 6) is 2.29. The van der Waals surface area contributed by atoms with Gasteiger partial charge in [0.25, 0.3) is 14.1 Å². The van der Waals surface area contributed by atoms with E-state index in [1.165, 1.54) is 10.8 Å². The molecule has 0 aromatic carbocycles. The molecule has 2 aliphatic rings. The molecule has 33 heavy (non-hydrogen) atoms. The first-order valence-electron chi connectivity index (χ1n) is 11.0. The summed E-state index contributed by atoms with van der Waals surface area (Å²) in [4.78, 5) is 30.1. The molecule has 0 spiro atoms. The zero-order valence-electron chi connectivity index (χ0n) is 19.6. The van der Waals surface area contributed by atoms with Crippen LogP contribution in [-0.2, 0) is 18.5 Å². The maximum absolute atomic E-state index is 12.6. The van der Waals surface area contributed by atoms with Crippen molar-refractivity contribution >= 4 is 8.53 Å². The normalized spacial score (nSPS) is 27.3. The molecule has 3 heterocycles. The Hall–Kier alpha value is -2.04. The molecular formula is C22H31N4O6P. The van der Waals surface area contributed by atoms with Crippen molar-refractivity contribution in [2.75, 3.05) is 19.8 Å².